The number of imide groups is 1. The Hall–Kier alpha value is -2.64. The Morgan fingerprint density at radius 3 is 2.44 bits per heavy atom. The molecule has 4 aliphatic carbocycles. The summed E-state index contributed by atoms with van der Waals surface area (Å²) in [5.74, 6) is -0.253. The fourth-order valence-corrected chi connectivity index (χ4v) is 6.61. The van der Waals surface area contributed by atoms with E-state index in [-0.39, 0.29) is 11.9 Å². The van der Waals surface area contributed by atoms with Crippen molar-refractivity contribution in [3.05, 3.63) is 29.6 Å². The highest BCUT2D eigenvalue weighted by Crippen LogP contribution is 2.66. The molecule has 0 heterocycles. The van der Waals surface area contributed by atoms with Crippen LogP contribution in [-0.4, -0.2) is 37.7 Å². The van der Waals surface area contributed by atoms with Crippen molar-refractivity contribution in [3.8, 4) is 5.75 Å². The smallest absolute Gasteiger partial charge is 0.321 e. The summed E-state index contributed by atoms with van der Waals surface area (Å²) in [7, 11) is 1.51. The van der Waals surface area contributed by atoms with Crippen molar-refractivity contribution in [2.45, 2.75) is 63.8 Å². The van der Waals surface area contributed by atoms with Gasteiger partial charge in [-0.25, -0.2) is 9.18 Å². The Morgan fingerprint density at radius 1 is 1.16 bits per heavy atom. The van der Waals surface area contributed by atoms with Gasteiger partial charge in [0.2, 0.25) is 0 Å². The van der Waals surface area contributed by atoms with Crippen LogP contribution in [0, 0.1) is 23.1 Å². The van der Waals surface area contributed by atoms with E-state index in [1.54, 1.807) is 26.0 Å². The summed E-state index contributed by atoms with van der Waals surface area (Å²) in [4.78, 5) is 36.9. The fraction of sp³-hybridized carbons (Fsp3) is 0.625. The summed E-state index contributed by atoms with van der Waals surface area (Å²) in [6, 6.07) is 4.23. The number of carbonyl (C=O) groups is 3. The zero-order chi connectivity index (χ0) is 23.1. The van der Waals surface area contributed by atoms with Crippen LogP contribution in [0.4, 0.5) is 9.18 Å². The van der Waals surface area contributed by atoms with Crippen LogP contribution < -0.4 is 15.4 Å². The van der Waals surface area contributed by atoms with E-state index in [1.807, 2.05) is 0 Å². The molecule has 3 amide bonds. The van der Waals surface area contributed by atoms with Crippen LogP contribution in [0.15, 0.2) is 18.2 Å². The second-order valence-electron chi connectivity index (χ2n) is 10.1. The minimum atomic E-state index is -0.711. The second-order valence-corrected chi connectivity index (χ2v) is 10.1. The summed E-state index contributed by atoms with van der Waals surface area (Å²) in [6.45, 7) is 3.04. The van der Waals surface area contributed by atoms with Gasteiger partial charge in [-0.15, -0.1) is 0 Å². The third-order valence-electron chi connectivity index (χ3n) is 7.25. The molecule has 2 N–H and O–H groups in total. The Labute approximate surface area is 187 Å². The molecule has 5 rings (SSSR count). The van der Waals surface area contributed by atoms with Crippen molar-refractivity contribution in [1.82, 2.24) is 10.6 Å². The van der Waals surface area contributed by atoms with Crippen molar-refractivity contribution in [2.24, 2.45) is 17.3 Å². The number of halogens is 1. The Balaban J connectivity index is 1.48. The number of carbonyl (C=O) groups excluding carboxylic acids is 3. The van der Waals surface area contributed by atoms with E-state index in [9.17, 15) is 14.4 Å². The Bertz CT molecular complexity index is 917. The Morgan fingerprint density at radius 2 is 1.84 bits per heavy atom. The number of rotatable bonds is 6. The summed E-state index contributed by atoms with van der Waals surface area (Å²) in [5, 5.41) is 4.71. The zero-order valence-corrected chi connectivity index (χ0v) is 18.8. The number of esters is 1. The van der Waals surface area contributed by atoms with E-state index in [0.29, 0.717) is 42.4 Å². The van der Waals surface area contributed by atoms with Gasteiger partial charge in [0, 0.05) is 12.1 Å². The minimum Gasteiger partial charge on any atom is -0.497 e. The molecule has 174 valence electrons. The normalized spacial score (nSPS) is 30.2. The summed E-state index contributed by atoms with van der Waals surface area (Å²) < 4.78 is 25.6. The molecule has 4 saturated carbocycles. The van der Waals surface area contributed by atoms with Gasteiger partial charge < -0.3 is 14.8 Å². The van der Waals surface area contributed by atoms with Crippen molar-refractivity contribution in [3.63, 3.8) is 0 Å². The van der Waals surface area contributed by atoms with Crippen LogP contribution in [-0.2, 0) is 19.7 Å². The molecule has 0 spiro atoms. The first kappa shape index (κ1) is 22.6. The average Bonchev–Trinajstić information content (AvgIpc) is 2.70. The molecule has 1 aromatic rings. The van der Waals surface area contributed by atoms with Crippen LogP contribution >= 0.6 is 0 Å². The quantitative estimate of drug-likeness (QED) is 0.653. The lowest BCUT2D eigenvalue weighted by atomic mass is 9.43. The first-order valence-electron chi connectivity index (χ1n) is 11.3. The van der Waals surface area contributed by atoms with Gasteiger partial charge in [0.15, 0.2) is 6.61 Å². The highest BCUT2D eigenvalue weighted by Gasteiger charge is 2.62. The largest absolute Gasteiger partial charge is 0.497 e. The number of nitrogens with one attached hydrogen (secondary N) is 2. The van der Waals surface area contributed by atoms with Crippen LogP contribution in [0.5, 0.6) is 5.75 Å². The predicted octanol–water partition coefficient (Wildman–Crippen LogP) is 3.45. The molecule has 1 aromatic carbocycles. The van der Waals surface area contributed by atoms with Gasteiger partial charge in [-0.2, -0.15) is 0 Å². The molecule has 2 unspecified atom stereocenters. The summed E-state index contributed by atoms with van der Waals surface area (Å²) in [6.07, 6.45) is 4.69. The van der Waals surface area contributed by atoms with Gasteiger partial charge in [-0.3, -0.25) is 14.9 Å². The molecule has 0 aromatic heterocycles. The number of hydrogen-bond donors (Lipinski definition) is 2. The lowest BCUT2D eigenvalue weighted by molar-refractivity contribution is -0.175. The maximum absolute atomic E-state index is 15.1. The molecular formula is C24H31FN2O5. The molecule has 0 aliphatic heterocycles. The van der Waals surface area contributed by atoms with Crippen LogP contribution in [0.1, 0.15) is 57.9 Å². The lowest BCUT2D eigenvalue weighted by Crippen LogP contribution is -2.57. The third-order valence-corrected chi connectivity index (χ3v) is 7.25. The van der Waals surface area contributed by atoms with Crippen molar-refractivity contribution in [2.75, 3.05) is 13.7 Å². The molecule has 7 nitrogen and oxygen atoms in total. The van der Waals surface area contributed by atoms with E-state index in [0.717, 1.165) is 19.3 Å². The van der Waals surface area contributed by atoms with Gasteiger partial charge in [0.1, 0.15) is 11.6 Å². The molecule has 0 saturated heterocycles. The van der Waals surface area contributed by atoms with Gasteiger partial charge >= 0.3 is 12.0 Å². The SMILES string of the molecule is COc1ccc(C23C[C@@H]4C[C@@H](CC(C(=O)OCC(=O)NC(=O)NC(C)C)(C4)C2)C3)c(F)c1. The maximum atomic E-state index is 15.1. The minimum absolute atomic E-state index is 0.119. The molecule has 4 bridgehead atoms. The summed E-state index contributed by atoms with van der Waals surface area (Å²) >= 11 is 0. The van der Waals surface area contributed by atoms with Crippen LogP contribution in [0.25, 0.3) is 0 Å². The fourth-order valence-electron chi connectivity index (χ4n) is 6.61. The Kier molecular flexibility index (Phi) is 5.90. The second kappa shape index (κ2) is 8.37. The van der Waals surface area contributed by atoms with Gasteiger partial charge in [0.05, 0.1) is 12.5 Å². The number of amides is 3. The maximum Gasteiger partial charge on any atom is 0.321 e. The van der Waals surface area contributed by atoms with Crippen LogP contribution in [0.3, 0.4) is 0 Å². The van der Waals surface area contributed by atoms with E-state index >= 15 is 4.39 Å². The zero-order valence-electron chi connectivity index (χ0n) is 18.8. The molecule has 4 aliphatic rings. The molecule has 4 fully saturated rings. The van der Waals surface area contributed by atoms with E-state index in [1.165, 1.54) is 13.2 Å². The van der Waals surface area contributed by atoms with E-state index in [2.05, 4.69) is 10.6 Å². The third kappa shape index (κ3) is 4.19. The number of methoxy groups -OCH3 is 1. The highest BCUT2D eigenvalue weighted by atomic mass is 19.1. The molecule has 4 atom stereocenters. The molecular weight excluding hydrogens is 415 g/mol. The number of hydrogen-bond acceptors (Lipinski definition) is 5. The lowest BCUT2D eigenvalue weighted by Gasteiger charge is -2.61. The molecule has 0 radical (unpaired) electrons. The summed E-state index contributed by atoms with van der Waals surface area (Å²) in [5.41, 5.74) is -0.469. The predicted molar refractivity (Wildman–Crippen MR) is 115 cm³/mol. The monoisotopic (exact) mass is 446 g/mol. The van der Waals surface area contributed by atoms with Crippen molar-refractivity contribution in [1.29, 1.82) is 0 Å². The van der Waals surface area contributed by atoms with Gasteiger partial charge in [-0.1, -0.05) is 6.07 Å². The molecule has 32 heavy (non-hydrogen) atoms. The number of ether oxygens (including phenoxy) is 2. The standard InChI is InChI=1S/C24H31FN2O5/c1-14(2)26-22(30)27-20(28)12-32-21(29)24-10-15-6-16(11-24)9-23(8-15,13-24)18-5-4-17(31-3)7-19(18)25/h4-5,7,14-16H,6,8-13H2,1-3H3,(H2,26,27,28,30)/t15-,16+,23?,24?. The van der Waals surface area contributed by atoms with E-state index < -0.39 is 35.3 Å². The van der Waals surface area contributed by atoms with Crippen LogP contribution in [0.2, 0.25) is 0 Å². The first-order valence-corrected chi connectivity index (χ1v) is 11.3. The van der Waals surface area contributed by atoms with Gasteiger partial charge in [0.25, 0.3) is 5.91 Å². The molecule has 8 heteroatoms. The topological polar surface area (TPSA) is 93.7 Å². The number of benzene rings is 1. The van der Waals surface area contributed by atoms with Gasteiger partial charge in [-0.05, 0) is 81.3 Å². The van der Waals surface area contributed by atoms with Crippen molar-refractivity contribution < 1.29 is 28.2 Å². The number of urea groups is 1. The van der Waals surface area contributed by atoms with E-state index in [4.69, 9.17) is 9.47 Å². The highest BCUT2D eigenvalue weighted by molar-refractivity contribution is 5.95. The first-order chi connectivity index (χ1) is 15.1. The average molecular weight is 447 g/mol. The van der Waals surface area contributed by atoms with Crippen molar-refractivity contribution >= 4 is 17.9 Å².